The molecule has 0 aromatic rings. The normalized spacial score (nSPS) is 31.6. The Hall–Kier alpha value is -0.160. The zero-order valence-electron chi connectivity index (χ0n) is 10.9. The van der Waals surface area contributed by atoms with Crippen LogP contribution in [0.15, 0.2) is 0 Å². The maximum atomic E-state index is 5.91. The molecule has 17 heavy (non-hydrogen) atoms. The molecule has 2 fully saturated rings. The van der Waals surface area contributed by atoms with Gasteiger partial charge in [-0.2, -0.15) is 0 Å². The van der Waals surface area contributed by atoms with Crippen molar-refractivity contribution in [1.82, 2.24) is 10.2 Å². The number of morpholine rings is 1. The summed E-state index contributed by atoms with van der Waals surface area (Å²) in [4.78, 5) is 2.48. The van der Waals surface area contributed by atoms with E-state index in [0.29, 0.717) is 6.04 Å². The van der Waals surface area contributed by atoms with E-state index in [1.807, 2.05) is 0 Å². The van der Waals surface area contributed by atoms with Gasteiger partial charge in [0.2, 0.25) is 0 Å². The summed E-state index contributed by atoms with van der Waals surface area (Å²) in [7, 11) is 0. The predicted molar refractivity (Wildman–Crippen MR) is 70.1 cm³/mol. The van der Waals surface area contributed by atoms with Gasteiger partial charge < -0.3 is 15.8 Å². The Kier molecular flexibility index (Phi) is 5.71. The Morgan fingerprint density at radius 3 is 2.53 bits per heavy atom. The van der Waals surface area contributed by atoms with Crippen LogP contribution in [0.1, 0.15) is 25.7 Å². The van der Waals surface area contributed by atoms with Crippen molar-refractivity contribution in [1.29, 1.82) is 0 Å². The highest BCUT2D eigenvalue weighted by Gasteiger charge is 2.18. The zero-order chi connectivity index (χ0) is 11.9. The van der Waals surface area contributed by atoms with E-state index < -0.39 is 0 Å². The third kappa shape index (κ3) is 4.92. The van der Waals surface area contributed by atoms with Crippen LogP contribution in [0, 0.1) is 5.92 Å². The van der Waals surface area contributed by atoms with Gasteiger partial charge in [0, 0.05) is 32.2 Å². The third-order valence-electron chi connectivity index (χ3n) is 4.03. The molecule has 0 aromatic heterocycles. The summed E-state index contributed by atoms with van der Waals surface area (Å²) in [5.74, 6) is 0.861. The molecule has 4 nitrogen and oxygen atoms in total. The largest absolute Gasteiger partial charge is 0.379 e. The second-order valence-electron chi connectivity index (χ2n) is 5.44. The molecule has 0 amide bonds. The molecular weight excluding hydrogens is 214 g/mol. The van der Waals surface area contributed by atoms with Gasteiger partial charge in [-0.1, -0.05) is 0 Å². The first-order valence-electron chi connectivity index (χ1n) is 7.11. The highest BCUT2D eigenvalue weighted by molar-refractivity contribution is 4.75. The molecule has 3 N–H and O–H groups in total. The van der Waals surface area contributed by atoms with E-state index >= 15 is 0 Å². The van der Waals surface area contributed by atoms with Crippen molar-refractivity contribution in [3.8, 4) is 0 Å². The lowest BCUT2D eigenvalue weighted by Gasteiger charge is -2.28. The van der Waals surface area contributed by atoms with E-state index in [4.69, 9.17) is 10.5 Å². The monoisotopic (exact) mass is 241 g/mol. The Bertz CT molecular complexity index is 199. The van der Waals surface area contributed by atoms with E-state index in [1.165, 1.54) is 32.2 Å². The van der Waals surface area contributed by atoms with E-state index in [2.05, 4.69) is 10.2 Å². The summed E-state index contributed by atoms with van der Waals surface area (Å²) >= 11 is 0. The summed E-state index contributed by atoms with van der Waals surface area (Å²) in [6, 6.07) is 0.472. The minimum atomic E-state index is 0.472. The van der Waals surface area contributed by atoms with Crippen molar-refractivity contribution in [3.05, 3.63) is 0 Å². The lowest BCUT2D eigenvalue weighted by Crippen LogP contribution is -2.41. The van der Waals surface area contributed by atoms with Crippen molar-refractivity contribution in [3.63, 3.8) is 0 Å². The molecule has 0 bridgehead atoms. The first-order valence-corrected chi connectivity index (χ1v) is 7.11. The molecule has 0 unspecified atom stereocenters. The molecular formula is C13H27N3O. The minimum Gasteiger partial charge on any atom is -0.379 e. The maximum Gasteiger partial charge on any atom is 0.0594 e. The number of nitrogens with one attached hydrogen (secondary N) is 1. The molecule has 4 heteroatoms. The fraction of sp³-hybridized carbons (Fsp3) is 1.00. The number of hydrogen-bond donors (Lipinski definition) is 2. The SMILES string of the molecule is NC1CCC(CNCCN2CCOCC2)CC1. The van der Waals surface area contributed by atoms with E-state index in [9.17, 15) is 0 Å². The molecule has 1 saturated heterocycles. The van der Waals surface area contributed by atoms with Gasteiger partial charge in [0.15, 0.2) is 0 Å². The first kappa shape index (κ1) is 13.3. The Labute approximate surface area is 105 Å². The predicted octanol–water partition coefficient (Wildman–Crippen LogP) is 0.426. The number of hydrogen-bond acceptors (Lipinski definition) is 4. The van der Waals surface area contributed by atoms with E-state index in [1.54, 1.807) is 0 Å². The molecule has 1 heterocycles. The number of nitrogens with two attached hydrogens (primary N) is 1. The molecule has 0 radical (unpaired) electrons. The van der Waals surface area contributed by atoms with Gasteiger partial charge >= 0.3 is 0 Å². The molecule has 0 spiro atoms. The van der Waals surface area contributed by atoms with Crippen LogP contribution in [0.25, 0.3) is 0 Å². The quantitative estimate of drug-likeness (QED) is 0.685. The van der Waals surface area contributed by atoms with Crippen molar-refractivity contribution in [2.45, 2.75) is 31.7 Å². The van der Waals surface area contributed by atoms with Crippen molar-refractivity contribution in [2.75, 3.05) is 45.9 Å². The lowest BCUT2D eigenvalue weighted by atomic mass is 9.86. The minimum absolute atomic E-state index is 0.472. The second kappa shape index (κ2) is 7.31. The highest BCUT2D eigenvalue weighted by Crippen LogP contribution is 2.22. The number of rotatable bonds is 5. The van der Waals surface area contributed by atoms with Crippen molar-refractivity contribution < 1.29 is 4.74 Å². The Balaban J connectivity index is 1.48. The molecule has 2 aliphatic rings. The third-order valence-corrected chi connectivity index (χ3v) is 4.03. The molecule has 100 valence electrons. The molecule has 1 aliphatic heterocycles. The van der Waals surface area contributed by atoms with Crippen LogP contribution in [0.5, 0.6) is 0 Å². The summed E-state index contributed by atoms with van der Waals surface area (Å²) < 4.78 is 5.34. The summed E-state index contributed by atoms with van der Waals surface area (Å²) in [6.45, 7) is 7.45. The average molecular weight is 241 g/mol. The molecule has 1 aliphatic carbocycles. The van der Waals surface area contributed by atoms with Gasteiger partial charge in [-0.25, -0.2) is 0 Å². The van der Waals surface area contributed by atoms with Crippen LogP contribution in [0.3, 0.4) is 0 Å². The van der Waals surface area contributed by atoms with E-state index in [0.717, 1.165) is 45.3 Å². The van der Waals surface area contributed by atoms with Gasteiger partial charge in [-0.05, 0) is 38.1 Å². The average Bonchev–Trinajstić information content (AvgIpc) is 2.38. The first-order chi connectivity index (χ1) is 8.34. The fourth-order valence-electron chi connectivity index (χ4n) is 2.76. The van der Waals surface area contributed by atoms with E-state index in [-0.39, 0.29) is 0 Å². The van der Waals surface area contributed by atoms with Crippen LogP contribution in [-0.4, -0.2) is 56.9 Å². The van der Waals surface area contributed by atoms with Gasteiger partial charge in [0.05, 0.1) is 13.2 Å². The van der Waals surface area contributed by atoms with Gasteiger partial charge in [0.1, 0.15) is 0 Å². The highest BCUT2D eigenvalue weighted by atomic mass is 16.5. The Morgan fingerprint density at radius 2 is 1.82 bits per heavy atom. The van der Waals surface area contributed by atoms with Crippen LogP contribution in [0.4, 0.5) is 0 Å². The number of nitrogens with zero attached hydrogens (tertiary/aromatic N) is 1. The topological polar surface area (TPSA) is 50.5 Å². The fourth-order valence-corrected chi connectivity index (χ4v) is 2.76. The van der Waals surface area contributed by atoms with Gasteiger partial charge in [-0.3, -0.25) is 4.90 Å². The summed E-state index contributed by atoms with van der Waals surface area (Å²) in [6.07, 6.45) is 5.06. The molecule has 2 rings (SSSR count). The van der Waals surface area contributed by atoms with Gasteiger partial charge in [-0.15, -0.1) is 0 Å². The van der Waals surface area contributed by atoms with Crippen LogP contribution >= 0.6 is 0 Å². The summed E-state index contributed by atoms with van der Waals surface area (Å²) in [5, 5.41) is 3.59. The van der Waals surface area contributed by atoms with Crippen LogP contribution in [-0.2, 0) is 4.74 Å². The van der Waals surface area contributed by atoms with Crippen LogP contribution in [0.2, 0.25) is 0 Å². The van der Waals surface area contributed by atoms with Crippen LogP contribution < -0.4 is 11.1 Å². The standard InChI is InChI=1S/C13H27N3O/c14-13-3-1-12(2-4-13)11-15-5-6-16-7-9-17-10-8-16/h12-13,15H,1-11,14H2. The summed E-state index contributed by atoms with van der Waals surface area (Å²) in [5.41, 5.74) is 5.91. The molecule has 1 saturated carbocycles. The maximum absolute atomic E-state index is 5.91. The molecule has 0 atom stereocenters. The van der Waals surface area contributed by atoms with Crippen molar-refractivity contribution >= 4 is 0 Å². The van der Waals surface area contributed by atoms with Gasteiger partial charge in [0.25, 0.3) is 0 Å². The lowest BCUT2D eigenvalue weighted by molar-refractivity contribution is 0.0383. The smallest absolute Gasteiger partial charge is 0.0594 e. The zero-order valence-corrected chi connectivity index (χ0v) is 10.9. The van der Waals surface area contributed by atoms with Crippen molar-refractivity contribution in [2.24, 2.45) is 11.7 Å². The number of ether oxygens (including phenoxy) is 1. The second-order valence-corrected chi connectivity index (χ2v) is 5.44. The Morgan fingerprint density at radius 1 is 1.12 bits per heavy atom. The molecule has 0 aromatic carbocycles.